The molecule has 128 valence electrons. The summed E-state index contributed by atoms with van der Waals surface area (Å²) in [6.45, 7) is 2.72. The SMILES string of the molecule is COc1cc(N2CC3(CCNCC3)CC2=O)ccc1/C(C=N)=C/N. The minimum Gasteiger partial charge on any atom is -0.496 e. The average molecular weight is 328 g/mol. The summed E-state index contributed by atoms with van der Waals surface area (Å²) in [5.41, 5.74) is 7.86. The number of methoxy groups -OCH3 is 1. The van der Waals surface area contributed by atoms with E-state index in [0.29, 0.717) is 17.7 Å². The van der Waals surface area contributed by atoms with Crippen LogP contribution in [0.5, 0.6) is 5.75 Å². The molecule has 2 heterocycles. The molecule has 0 bridgehead atoms. The first kappa shape index (κ1) is 16.5. The second kappa shape index (κ2) is 6.65. The summed E-state index contributed by atoms with van der Waals surface area (Å²) in [5.74, 6) is 0.792. The van der Waals surface area contributed by atoms with Crippen molar-refractivity contribution in [2.24, 2.45) is 11.1 Å². The molecule has 0 saturated carbocycles. The fourth-order valence-corrected chi connectivity index (χ4v) is 3.72. The van der Waals surface area contributed by atoms with Crippen LogP contribution >= 0.6 is 0 Å². The number of amides is 1. The summed E-state index contributed by atoms with van der Waals surface area (Å²) in [7, 11) is 1.58. The Bertz CT molecular complexity index is 678. The van der Waals surface area contributed by atoms with Crippen molar-refractivity contribution in [3.63, 3.8) is 0 Å². The van der Waals surface area contributed by atoms with Crippen LogP contribution in [0.15, 0.2) is 24.4 Å². The molecule has 2 aliphatic heterocycles. The van der Waals surface area contributed by atoms with Crippen LogP contribution in [0.25, 0.3) is 5.57 Å². The Hall–Kier alpha value is -2.34. The lowest BCUT2D eigenvalue weighted by atomic mass is 9.78. The van der Waals surface area contributed by atoms with E-state index in [9.17, 15) is 4.79 Å². The molecule has 1 amide bonds. The number of nitrogens with one attached hydrogen (secondary N) is 2. The molecule has 1 aromatic carbocycles. The van der Waals surface area contributed by atoms with Gasteiger partial charge in [0.05, 0.1) is 7.11 Å². The van der Waals surface area contributed by atoms with Gasteiger partial charge >= 0.3 is 0 Å². The van der Waals surface area contributed by atoms with Gasteiger partial charge in [0.1, 0.15) is 5.75 Å². The third kappa shape index (κ3) is 2.89. The molecule has 3 rings (SSSR count). The summed E-state index contributed by atoms with van der Waals surface area (Å²) in [5, 5.41) is 10.8. The Balaban J connectivity index is 1.90. The molecule has 0 aromatic heterocycles. The highest BCUT2D eigenvalue weighted by Gasteiger charge is 2.44. The number of ether oxygens (including phenoxy) is 1. The lowest BCUT2D eigenvalue weighted by Gasteiger charge is -2.33. The van der Waals surface area contributed by atoms with Crippen molar-refractivity contribution in [3.05, 3.63) is 30.0 Å². The van der Waals surface area contributed by atoms with Gasteiger partial charge in [-0.05, 0) is 43.5 Å². The molecule has 0 atom stereocenters. The third-order valence-electron chi connectivity index (χ3n) is 5.13. The Labute approximate surface area is 142 Å². The lowest BCUT2D eigenvalue weighted by molar-refractivity contribution is -0.117. The van der Waals surface area contributed by atoms with Crippen molar-refractivity contribution in [2.75, 3.05) is 31.6 Å². The highest BCUT2D eigenvalue weighted by atomic mass is 16.5. The summed E-state index contributed by atoms with van der Waals surface area (Å²) >= 11 is 0. The number of carbonyl (C=O) groups excluding carboxylic acids is 1. The molecule has 1 aromatic rings. The van der Waals surface area contributed by atoms with Gasteiger partial charge in [0.2, 0.25) is 5.91 Å². The number of hydrogen-bond donors (Lipinski definition) is 3. The van der Waals surface area contributed by atoms with Crippen LogP contribution in [0.3, 0.4) is 0 Å². The molecule has 2 aliphatic rings. The molecular formula is C18H24N4O2. The highest BCUT2D eigenvalue weighted by Crippen LogP contribution is 2.42. The maximum atomic E-state index is 12.6. The molecule has 0 aliphatic carbocycles. The minimum atomic E-state index is 0.103. The Kier molecular flexibility index (Phi) is 4.57. The molecule has 0 unspecified atom stereocenters. The molecule has 6 nitrogen and oxygen atoms in total. The number of anilines is 1. The first-order chi connectivity index (χ1) is 11.6. The second-order valence-corrected chi connectivity index (χ2v) is 6.56. The van der Waals surface area contributed by atoms with E-state index in [1.54, 1.807) is 7.11 Å². The summed E-state index contributed by atoms with van der Waals surface area (Å²) in [6, 6.07) is 5.63. The standard InChI is InChI=1S/C18H24N4O2/c1-24-16-8-14(2-3-15(16)13(10-19)11-20)22-12-18(9-17(22)23)4-6-21-7-5-18/h2-3,8,10-11,19,21H,4-7,9,12,20H2,1H3/b13-11+,19-10?. The topological polar surface area (TPSA) is 91.4 Å². The molecule has 2 fully saturated rings. The summed E-state index contributed by atoms with van der Waals surface area (Å²) < 4.78 is 5.45. The predicted molar refractivity (Wildman–Crippen MR) is 95.4 cm³/mol. The number of benzene rings is 1. The van der Waals surface area contributed by atoms with Gasteiger partial charge in [-0.2, -0.15) is 0 Å². The van der Waals surface area contributed by atoms with Crippen LogP contribution < -0.4 is 20.7 Å². The van der Waals surface area contributed by atoms with Crippen molar-refractivity contribution in [3.8, 4) is 5.75 Å². The van der Waals surface area contributed by atoms with Gasteiger partial charge in [0.15, 0.2) is 0 Å². The first-order valence-corrected chi connectivity index (χ1v) is 8.24. The summed E-state index contributed by atoms with van der Waals surface area (Å²) in [6.07, 6.45) is 5.28. The minimum absolute atomic E-state index is 0.103. The zero-order valence-electron chi connectivity index (χ0n) is 14.0. The van der Waals surface area contributed by atoms with Gasteiger partial charge in [-0.25, -0.2) is 0 Å². The van der Waals surface area contributed by atoms with Gasteiger partial charge in [-0.1, -0.05) is 0 Å². The quantitative estimate of drug-likeness (QED) is 0.734. The van der Waals surface area contributed by atoms with Crippen molar-refractivity contribution in [1.29, 1.82) is 5.41 Å². The molecule has 2 saturated heterocycles. The van der Waals surface area contributed by atoms with E-state index in [0.717, 1.165) is 43.7 Å². The van der Waals surface area contributed by atoms with E-state index in [4.69, 9.17) is 15.9 Å². The zero-order valence-corrected chi connectivity index (χ0v) is 14.0. The fraction of sp³-hybridized carbons (Fsp3) is 0.444. The molecule has 4 N–H and O–H groups in total. The van der Waals surface area contributed by atoms with E-state index in [1.807, 2.05) is 23.1 Å². The zero-order chi connectivity index (χ0) is 17.2. The molecular weight excluding hydrogens is 304 g/mol. The monoisotopic (exact) mass is 328 g/mol. The van der Waals surface area contributed by atoms with E-state index in [2.05, 4.69) is 5.32 Å². The van der Waals surface area contributed by atoms with E-state index < -0.39 is 0 Å². The van der Waals surface area contributed by atoms with Crippen LogP contribution in [0, 0.1) is 10.8 Å². The number of nitrogens with zero attached hydrogens (tertiary/aromatic N) is 1. The van der Waals surface area contributed by atoms with Crippen LogP contribution in [0.2, 0.25) is 0 Å². The number of allylic oxidation sites excluding steroid dienone is 1. The van der Waals surface area contributed by atoms with Crippen molar-refractivity contribution in [1.82, 2.24) is 5.32 Å². The van der Waals surface area contributed by atoms with Gasteiger partial charge in [-0.15, -0.1) is 0 Å². The van der Waals surface area contributed by atoms with Crippen LogP contribution in [-0.2, 0) is 4.79 Å². The number of nitrogens with two attached hydrogens (primary N) is 1. The van der Waals surface area contributed by atoms with Crippen molar-refractivity contribution >= 4 is 23.4 Å². The normalized spacial score (nSPS) is 20.5. The van der Waals surface area contributed by atoms with E-state index in [1.165, 1.54) is 12.4 Å². The van der Waals surface area contributed by atoms with Gasteiger partial charge in [-0.3, -0.25) is 4.79 Å². The number of rotatable bonds is 4. The maximum absolute atomic E-state index is 12.6. The van der Waals surface area contributed by atoms with Crippen LogP contribution in [0.1, 0.15) is 24.8 Å². The molecule has 0 radical (unpaired) electrons. The van der Waals surface area contributed by atoms with Crippen LogP contribution in [-0.4, -0.2) is 38.9 Å². The summed E-state index contributed by atoms with van der Waals surface area (Å²) in [4.78, 5) is 14.4. The Morgan fingerprint density at radius 1 is 1.42 bits per heavy atom. The fourth-order valence-electron chi connectivity index (χ4n) is 3.72. The maximum Gasteiger partial charge on any atom is 0.227 e. The van der Waals surface area contributed by atoms with Crippen LogP contribution in [0.4, 0.5) is 5.69 Å². The van der Waals surface area contributed by atoms with Gasteiger partial charge in [0, 0.05) is 48.3 Å². The van der Waals surface area contributed by atoms with E-state index in [-0.39, 0.29) is 11.3 Å². The largest absolute Gasteiger partial charge is 0.496 e. The number of hydrogen-bond acceptors (Lipinski definition) is 5. The smallest absolute Gasteiger partial charge is 0.227 e. The third-order valence-corrected chi connectivity index (χ3v) is 5.13. The molecule has 24 heavy (non-hydrogen) atoms. The molecule has 1 spiro atoms. The first-order valence-electron chi connectivity index (χ1n) is 8.24. The van der Waals surface area contributed by atoms with Crippen molar-refractivity contribution in [2.45, 2.75) is 19.3 Å². The lowest BCUT2D eigenvalue weighted by Crippen LogP contribution is -2.38. The average Bonchev–Trinajstić information content (AvgIpc) is 2.92. The van der Waals surface area contributed by atoms with Gasteiger partial charge in [0.25, 0.3) is 0 Å². The predicted octanol–water partition coefficient (Wildman–Crippen LogP) is 1.75. The number of carbonyl (C=O) groups is 1. The van der Waals surface area contributed by atoms with E-state index >= 15 is 0 Å². The van der Waals surface area contributed by atoms with Crippen molar-refractivity contribution < 1.29 is 9.53 Å². The van der Waals surface area contributed by atoms with Gasteiger partial charge < -0.3 is 26.1 Å². The Morgan fingerprint density at radius 2 is 2.17 bits per heavy atom. The number of piperidine rings is 1. The Morgan fingerprint density at radius 3 is 2.79 bits per heavy atom. The second-order valence-electron chi connectivity index (χ2n) is 6.56. The molecule has 6 heteroatoms. The highest BCUT2D eigenvalue weighted by molar-refractivity contribution is 6.09.